The molecular weight excluding hydrogens is 555 g/mol. The summed E-state index contributed by atoms with van der Waals surface area (Å²) in [4.78, 5) is 82.8. The van der Waals surface area contributed by atoms with Crippen molar-refractivity contribution >= 4 is 32.3 Å². The molecular formula is C30H12F3N3O6. The number of hydrogen-bond donors (Lipinski definition) is 0. The highest BCUT2D eigenvalue weighted by molar-refractivity contribution is 6.25. The molecule has 3 heterocycles. The van der Waals surface area contributed by atoms with Gasteiger partial charge in [-0.15, -0.1) is 0 Å². The third kappa shape index (κ3) is 3.19. The Morgan fingerprint density at radius 3 is 0.762 bits per heavy atom. The molecule has 4 aromatic carbocycles. The molecule has 42 heavy (non-hydrogen) atoms. The van der Waals surface area contributed by atoms with Gasteiger partial charge in [-0.2, -0.15) is 0 Å². The van der Waals surface area contributed by atoms with Gasteiger partial charge in [0, 0.05) is 0 Å². The average molecular weight is 567 g/mol. The van der Waals surface area contributed by atoms with E-state index in [0.29, 0.717) is 13.7 Å². The summed E-state index contributed by atoms with van der Waals surface area (Å²) in [5.74, 6) is -2.40. The monoisotopic (exact) mass is 567 g/mol. The van der Waals surface area contributed by atoms with E-state index in [1.165, 1.54) is 36.4 Å². The fraction of sp³-hybridized carbons (Fsp3) is 0. The van der Waals surface area contributed by atoms with Crippen molar-refractivity contribution in [2.24, 2.45) is 0 Å². The standard InChI is InChI=1S/C30H12F3N3O6/c31-13-4-1-7-16(10-13)34-25(37)19-20(26(34)38)22-24(30(42)36(28(22)40)18-9-3-6-15(33)12-18)23-21(19)27(39)35(29(23)41)17-8-2-5-14(32)11-17/h1-12H. The largest absolute Gasteiger partial charge is 0.268 e. The summed E-state index contributed by atoms with van der Waals surface area (Å²) in [6.45, 7) is 0. The van der Waals surface area contributed by atoms with E-state index in [2.05, 4.69) is 0 Å². The third-order valence-corrected chi connectivity index (χ3v) is 7.20. The number of rotatable bonds is 3. The van der Waals surface area contributed by atoms with Crippen LogP contribution < -0.4 is 33.4 Å². The maximum atomic E-state index is 14.1. The predicted molar refractivity (Wildman–Crippen MR) is 148 cm³/mol. The molecule has 0 fully saturated rings. The smallest absolute Gasteiger partial charge is 0.267 e. The average Bonchev–Trinajstić information content (AvgIpc) is 3.47. The zero-order valence-electron chi connectivity index (χ0n) is 20.9. The molecule has 0 unspecified atom stereocenters. The summed E-state index contributed by atoms with van der Waals surface area (Å²) >= 11 is 0. The molecule has 12 heteroatoms. The Labute approximate surface area is 228 Å². The first-order valence-corrected chi connectivity index (χ1v) is 12.3. The van der Waals surface area contributed by atoms with E-state index in [0.717, 1.165) is 36.4 Å². The number of benzene rings is 4. The highest BCUT2D eigenvalue weighted by Crippen LogP contribution is 2.27. The van der Waals surface area contributed by atoms with Crippen LogP contribution in [-0.4, -0.2) is 13.7 Å². The minimum atomic E-state index is -1.15. The van der Waals surface area contributed by atoms with Crippen LogP contribution in [0.15, 0.2) is 102 Å². The summed E-state index contributed by atoms with van der Waals surface area (Å²) < 4.78 is 43.9. The number of hydrogen-bond acceptors (Lipinski definition) is 6. The summed E-state index contributed by atoms with van der Waals surface area (Å²) in [7, 11) is 0. The second-order valence-corrected chi connectivity index (χ2v) is 9.53. The molecule has 0 aliphatic rings. The van der Waals surface area contributed by atoms with Crippen molar-refractivity contribution in [1.29, 1.82) is 0 Å². The van der Waals surface area contributed by atoms with E-state index >= 15 is 0 Å². The first kappa shape index (κ1) is 25.1. The molecule has 0 bridgehead atoms. The predicted octanol–water partition coefficient (Wildman–Crippen LogP) is 2.41. The topological polar surface area (TPSA) is 117 Å². The lowest BCUT2D eigenvalue weighted by atomic mass is 10.0. The minimum absolute atomic E-state index is 0.235. The van der Waals surface area contributed by atoms with Gasteiger partial charge in [-0.25, -0.2) is 26.9 Å². The van der Waals surface area contributed by atoms with Crippen LogP contribution >= 0.6 is 0 Å². The number of halogens is 3. The van der Waals surface area contributed by atoms with E-state index in [1.807, 2.05) is 0 Å². The Kier molecular flexibility index (Phi) is 5.10. The van der Waals surface area contributed by atoms with Crippen LogP contribution in [-0.2, 0) is 0 Å². The van der Waals surface area contributed by atoms with Gasteiger partial charge in [0.2, 0.25) is 0 Å². The lowest BCUT2D eigenvalue weighted by molar-refractivity contribution is 0.626. The first-order valence-electron chi connectivity index (χ1n) is 12.3. The lowest BCUT2D eigenvalue weighted by Crippen LogP contribution is -2.24. The molecule has 0 aliphatic carbocycles. The second-order valence-electron chi connectivity index (χ2n) is 9.53. The molecule has 0 aliphatic heterocycles. The van der Waals surface area contributed by atoms with Gasteiger partial charge in [0.15, 0.2) is 0 Å². The quantitative estimate of drug-likeness (QED) is 0.324. The molecule has 0 saturated heterocycles. The molecule has 7 aromatic rings. The van der Waals surface area contributed by atoms with Crippen molar-refractivity contribution in [2.75, 3.05) is 0 Å². The Morgan fingerprint density at radius 2 is 0.571 bits per heavy atom. The van der Waals surface area contributed by atoms with Crippen LogP contribution in [0.1, 0.15) is 0 Å². The van der Waals surface area contributed by atoms with Gasteiger partial charge in [-0.05, 0) is 54.6 Å². The number of aromatic nitrogens is 3. The van der Waals surface area contributed by atoms with Gasteiger partial charge in [-0.3, -0.25) is 28.8 Å². The van der Waals surface area contributed by atoms with Crippen molar-refractivity contribution in [2.45, 2.75) is 0 Å². The fourth-order valence-electron chi connectivity index (χ4n) is 5.53. The SMILES string of the molecule is O=c1c2c3c(=O)n(-c4cccc(F)c4)c(=O)c3c3c(=O)n(-c4cccc(F)c4)c(=O)c3c2c(=O)n1-c1cccc(F)c1. The summed E-state index contributed by atoms with van der Waals surface area (Å²) in [6, 6.07) is 13.2. The molecule has 0 N–H and O–H groups in total. The van der Waals surface area contributed by atoms with Crippen molar-refractivity contribution in [1.82, 2.24) is 13.7 Å². The van der Waals surface area contributed by atoms with Crippen LogP contribution in [0.25, 0.3) is 49.4 Å². The van der Waals surface area contributed by atoms with Crippen LogP contribution in [0.4, 0.5) is 13.2 Å². The summed E-state index contributed by atoms with van der Waals surface area (Å²) in [5.41, 5.74) is -7.59. The lowest BCUT2D eigenvalue weighted by Gasteiger charge is -1.99. The van der Waals surface area contributed by atoms with E-state index in [4.69, 9.17) is 0 Å². The molecule has 7 rings (SSSR count). The van der Waals surface area contributed by atoms with Crippen LogP contribution in [0.5, 0.6) is 0 Å². The highest BCUT2D eigenvalue weighted by atomic mass is 19.1. The van der Waals surface area contributed by atoms with Gasteiger partial charge in [-0.1, -0.05) is 18.2 Å². The molecule has 0 radical (unpaired) electrons. The van der Waals surface area contributed by atoms with E-state index in [1.54, 1.807) is 0 Å². The zero-order chi connectivity index (χ0) is 29.6. The van der Waals surface area contributed by atoms with Gasteiger partial charge in [0.05, 0.1) is 49.4 Å². The molecule has 0 atom stereocenters. The van der Waals surface area contributed by atoms with Crippen molar-refractivity contribution in [3.8, 4) is 17.1 Å². The Bertz CT molecular complexity index is 2220. The third-order valence-electron chi connectivity index (χ3n) is 7.20. The Morgan fingerprint density at radius 1 is 0.357 bits per heavy atom. The Balaban J connectivity index is 1.81. The van der Waals surface area contributed by atoms with Crippen molar-refractivity contribution < 1.29 is 13.2 Å². The van der Waals surface area contributed by atoms with Gasteiger partial charge >= 0.3 is 0 Å². The maximum absolute atomic E-state index is 14.1. The maximum Gasteiger partial charge on any atom is 0.267 e. The molecule has 0 spiro atoms. The number of fused-ring (bicyclic) bond motifs is 6. The van der Waals surface area contributed by atoms with E-state index in [-0.39, 0.29) is 17.1 Å². The summed E-state index contributed by atoms with van der Waals surface area (Å²) in [6.07, 6.45) is 0. The van der Waals surface area contributed by atoms with Crippen LogP contribution in [0.2, 0.25) is 0 Å². The molecule has 9 nitrogen and oxygen atoms in total. The van der Waals surface area contributed by atoms with Gasteiger partial charge < -0.3 is 0 Å². The van der Waals surface area contributed by atoms with E-state index < -0.39 is 83.1 Å². The highest BCUT2D eigenvalue weighted by Gasteiger charge is 2.32. The van der Waals surface area contributed by atoms with Gasteiger partial charge in [0.1, 0.15) is 17.5 Å². The Hall–Kier alpha value is -5.91. The van der Waals surface area contributed by atoms with Gasteiger partial charge in [0.25, 0.3) is 33.4 Å². The van der Waals surface area contributed by atoms with Crippen molar-refractivity contribution in [3.63, 3.8) is 0 Å². The van der Waals surface area contributed by atoms with Crippen molar-refractivity contribution in [3.05, 3.63) is 152 Å². The normalized spacial score (nSPS) is 11.8. The minimum Gasteiger partial charge on any atom is -0.268 e. The molecule has 3 aromatic heterocycles. The second kappa shape index (κ2) is 8.54. The van der Waals surface area contributed by atoms with Crippen LogP contribution in [0, 0.1) is 17.5 Å². The first-order chi connectivity index (χ1) is 20.1. The summed E-state index contributed by atoms with van der Waals surface area (Å²) in [5, 5.41) is -3.85. The fourth-order valence-corrected chi connectivity index (χ4v) is 5.53. The molecule has 204 valence electrons. The molecule has 0 amide bonds. The number of nitrogens with zero attached hydrogens (tertiary/aromatic N) is 3. The molecule has 0 saturated carbocycles. The zero-order valence-corrected chi connectivity index (χ0v) is 20.9. The van der Waals surface area contributed by atoms with Crippen LogP contribution in [0.3, 0.4) is 0 Å². The van der Waals surface area contributed by atoms with E-state index in [9.17, 15) is 41.9 Å².